The van der Waals surface area contributed by atoms with E-state index in [1.807, 2.05) is 6.92 Å². The van der Waals surface area contributed by atoms with Crippen LogP contribution in [0.1, 0.15) is 31.5 Å². The molecular formula is C12H19N3O3. The highest BCUT2D eigenvalue weighted by molar-refractivity contribution is 5.72. The summed E-state index contributed by atoms with van der Waals surface area (Å²) in [5, 5.41) is 3.87. The van der Waals surface area contributed by atoms with Crippen molar-refractivity contribution in [3.8, 4) is 0 Å². The molecule has 1 atom stereocenters. The van der Waals surface area contributed by atoms with E-state index in [0.29, 0.717) is 31.4 Å². The van der Waals surface area contributed by atoms with Gasteiger partial charge in [-0.15, -0.1) is 0 Å². The minimum absolute atomic E-state index is 0.0216. The molecule has 0 spiro atoms. The zero-order valence-corrected chi connectivity index (χ0v) is 10.9. The lowest BCUT2D eigenvalue weighted by Crippen LogP contribution is -2.39. The average Bonchev–Trinajstić information content (AvgIpc) is 2.75. The fourth-order valence-corrected chi connectivity index (χ4v) is 2.26. The van der Waals surface area contributed by atoms with Crippen LogP contribution in [0, 0.1) is 12.8 Å². The SMILES string of the molecule is CCOC(=O)[C@@H]1CCCN(Cc2noc(C)n2)C1. The average molecular weight is 253 g/mol. The van der Waals surface area contributed by atoms with Crippen LogP contribution in [0.15, 0.2) is 4.52 Å². The van der Waals surface area contributed by atoms with Crippen LogP contribution in [0.2, 0.25) is 0 Å². The number of nitrogens with zero attached hydrogens (tertiary/aromatic N) is 3. The second kappa shape index (κ2) is 5.95. The van der Waals surface area contributed by atoms with Crippen LogP contribution in [0.5, 0.6) is 0 Å². The van der Waals surface area contributed by atoms with Crippen LogP contribution in [-0.2, 0) is 16.1 Å². The molecular weight excluding hydrogens is 234 g/mol. The summed E-state index contributed by atoms with van der Waals surface area (Å²) in [6, 6.07) is 0. The first-order valence-corrected chi connectivity index (χ1v) is 6.37. The molecule has 2 heterocycles. The van der Waals surface area contributed by atoms with Crippen LogP contribution >= 0.6 is 0 Å². The summed E-state index contributed by atoms with van der Waals surface area (Å²) < 4.78 is 10.0. The summed E-state index contributed by atoms with van der Waals surface area (Å²) in [5.74, 6) is 1.14. The third-order valence-corrected chi connectivity index (χ3v) is 3.06. The number of rotatable bonds is 4. The van der Waals surface area contributed by atoms with E-state index in [4.69, 9.17) is 9.26 Å². The molecule has 0 aliphatic carbocycles. The number of aromatic nitrogens is 2. The van der Waals surface area contributed by atoms with Gasteiger partial charge in [-0.25, -0.2) is 0 Å². The minimum Gasteiger partial charge on any atom is -0.466 e. The van der Waals surface area contributed by atoms with Crippen LogP contribution < -0.4 is 0 Å². The highest BCUT2D eigenvalue weighted by Gasteiger charge is 2.27. The molecule has 1 aliphatic rings. The van der Waals surface area contributed by atoms with Crippen molar-refractivity contribution >= 4 is 5.97 Å². The quantitative estimate of drug-likeness (QED) is 0.750. The van der Waals surface area contributed by atoms with Gasteiger partial charge in [0, 0.05) is 13.5 Å². The van der Waals surface area contributed by atoms with E-state index in [9.17, 15) is 4.79 Å². The van der Waals surface area contributed by atoms with Gasteiger partial charge in [0.1, 0.15) is 0 Å². The molecule has 1 aromatic rings. The van der Waals surface area contributed by atoms with Crippen LogP contribution in [0.4, 0.5) is 0 Å². The summed E-state index contributed by atoms with van der Waals surface area (Å²) >= 11 is 0. The molecule has 6 heteroatoms. The Labute approximate surface area is 106 Å². The molecule has 0 unspecified atom stereocenters. The summed E-state index contributed by atoms with van der Waals surface area (Å²) in [7, 11) is 0. The molecule has 0 amide bonds. The predicted molar refractivity (Wildman–Crippen MR) is 63.7 cm³/mol. The van der Waals surface area contributed by atoms with Gasteiger partial charge in [-0.3, -0.25) is 9.69 Å². The first kappa shape index (κ1) is 13.0. The van der Waals surface area contributed by atoms with Crippen molar-refractivity contribution in [2.45, 2.75) is 33.2 Å². The number of esters is 1. The van der Waals surface area contributed by atoms with E-state index < -0.39 is 0 Å². The first-order valence-electron chi connectivity index (χ1n) is 6.37. The maximum absolute atomic E-state index is 11.7. The first-order chi connectivity index (χ1) is 8.69. The topological polar surface area (TPSA) is 68.5 Å². The van der Waals surface area contributed by atoms with E-state index in [0.717, 1.165) is 19.4 Å². The summed E-state index contributed by atoms with van der Waals surface area (Å²) in [5.41, 5.74) is 0. The van der Waals surface area contributed by atoms with Crippen LogP contribution in [0.3, 0.4) is 0 Å². The van der Waals surface area contributed by atoms with Crippen LogP contribution in [0.25, 0.3) is 0 Å². The molecule has 1 fully saturated rings. The third-order valence-electron chi connectivity index (χ3n) is 3.06. The molecule has 0 bridgehead atoms. The van der Waals surface area contributed by atoms with Gasteiger partial charge in [0.25, 0.3) is 0 Å². The molecule has 0 N–H and O–H groups in total. The molecule has 0 radical (unpaired) electrons. The Morgan fingerprint density at radius 1 is 1.61 bits per heavy atom. The van der Waals surface area contributed by atoms with Crippen LogP contribution in [-0.4, -0.2) is 40.7 Å². The van der Waals surface area contributed by atoms with E-state index in [2.05, 4.69) is 15.0 Å². The third kappa shape index (κ3) is 3.29. The lowest BCUT2D eigenvalue weighted by molar-refractivity contribution is -0.150. The van der Waals surface area contributed by atoms with Gasteiger partial charge in [0.15, 0.2) is 5.82 Å². The highest BCUT2D eigenvalue weighted by Crippen LogP contribution is 2.19. The largest absolute Gasteiger partial charge is 0.466 e. The number of likely N-dealkylation sites (tertiary alicyclic amines) is 1. The molecule has 18 heavy (non-hydrogen) atoms. The minimum atomic E-state index is -0.0912. The summed E-state index contributed by atoms with van der Waals surface area (Å²) in [6.45, 7) is 6.36. The van der Waals surface area contributed by atoms with Crippen molar-refractivity contribution in [1.82, 2.24) is 15.0 Å². The number of ether oxygens (including phenoxy) is 1. The molecule has 6 nitrogen and oxygen atoms in total. The van der Waals surface area contributed by atoms with Gasteiger partial charge in [-0.2, -0.15) is 4.98 Å². The second-order valence-corrected chi connectivity index (χ2v) is 4.56. The number of piperidine rings is 1. The predicted octanol–water partition coefficient (Wildman–Crippen LogP) is 1.15. The Bertz CT molecular complexity index is 405. The Hall–Kier alpha value is -1.43. The smallest absolute Gasteiger partial charge is 0.310 e. The Morgan fingerprint density at radius 3 is 3.11 bits per heavy atom. The zero-order chi connectivity index (χ0) is 13.0. The lowest BCUT2D eigenvalue weighted by Gasteiger charge is -2.30. The second-order valence-electron chi connectivity index (χ2n) is 4.56. The molecule has 2 rings (SSSR count). The van der Waals surface area contributed by atoms with E-state index in [-0.39, 0.29) is 11.9 Å². The molecule has 100 valence electrons. The standard InChI is InChI=1S/C12H19N3O3/c1-3-17-12(16)10-5-4-6-15(7-10)8-11-13-9(2)18-14-11/h10H,3-8H2,1-2H3/t10-/m1/s1. The molecule has 0 aromatic carbocycles. The highest BCUT2D eigenvalue weighted by atomic mass is 16.5. The van der Waals surface area contributed by atoms with Gasteiger partial charge in [-0.05, 0) is 26.3 Å². The van der Waals surface area contributed by atoms with E-state index in [1.165, 1.54) is 0 Å². The molecule has 0 saturated carbocycles. The van der Waals surface area contributed by atoms with Crippen molar-refractivity contribution < 1.29 is 14.1 Å². The van der Waals surface area contributed by atoms with Gasteiger partial charge < -0.3 is 9.26 Å². The van der Waals surface area contributed by atoms with Gasteiger partial charge in [-0.1, -0.05) is 5.16 Å². The number of aryl methyl sites for hydroxylation is 1. The van der Waals surface area contributed by atoms with Crippen molar-refractivity contribution in [1.29, 1.82) is 0 Å². The number of carbonyl (C=O) groups excluding carboxylic acids is 1. The molecule has 1 aromatic heterocycles. The zero-order valence-electron chi connectivity index (χ0n) is 10.9. The van der Waals surface area contributed by atoms with E-state index in [1.54, 1.807) is 6.92 Å². The lowest BCUT2D eigenvalue weighted by atomic mass is 9.98. The fraction of sp³-hybridized carbons (Fsp3) is 0.750. The number of hydrogen-bond donors (Lipinski definition) is 0. The Morgan fingerprint density at radius 2 is 2.44 bits per heavy atom. The van der Waals surface area contributed by atoms with Crippen molar-refractivity contribution in [2.24, 2.45) is 5.92 Å². The number of carbonyl (C=O) groups is 1. The fourth-order valence-electron chi connectivity index (χ4n) is 2.26. The maximum Gasteiger partial charge on any atom is 0.310 e. The van der Waals surface area contributed by atoms with Gasteiger partial charge >= 0.3 is 5.97 Å². The normalized spacial score (nSPS) is 20.9. The molecule has 1 saturated heterocycles. The van der Waals surface area contributed by atoms with Gasteiger partial charge in [0.2, 0.25) is 5.89 Å². The Kier molecular flexibility index (Phi) is 4.30. The van der Waals surface area contributed by atoms with Crippen molar-refractivity contribution in [3.63, 3.8) is 0 Å². The van der Waals surface area contributed by atoms with Gasteiger partial charge in [0.05, 0.1) is 19.1 Å². The maximum atomic E-state index is 11.7. The Balaban J connectivity index is 1.88. The number of hydrogen-bond acceptors (Lipinski definition) is 6. The van der Waals surface area contributed by atoms with E-state index >= 15 is 0 Å². The molecule has 1 aliphatic heterocycles. The van der Waals surface area contributed by atoms with Crippen molar-refractivity contribution in [3.05, 3.63) is 11.7 Å². The summed E-state index contributed by atoms with van der Waals surface area (Å²) in [4.78, 5) is 18.1. The monoisotopic (exact) mass is 253 g/mol. The summed E-state index contributed by atoms with van der Waals surface area (Å²) in [6.07, 6.45) is 1.90. The van der Waals surface area contributed by atoms with Crippen molar-refractivity contribution in [2.75, 3.05) is 19.7 Å².